The standard InChI is InChI=1S/C30H33ClN4O3/c1-2-13-32-27(36)12-14-35-29(37)24-5-3-4-23-26(11-10-25(28(23)24)30(35)38)34-17-15-33(16-18-34)20-22-8-6-21(19-31)7-9-22/h3-11H,2,12-20H2,1H3,(H,32,36). The Kier molecular flexibility index (Phi) is 7.95. The summed E-state index contributed by atoms with van der Waals surface area (Å²) in [6, 6.07) is 17.9. The molecule has 1 N–H and O–H groups in total. The van der Waals surface area contributed by atoms with Crippen LogP contribution in [0.5, 0.6) is 0 Å². The molecular weight excluding hydrogens is 500 g/mol. The van der Waals surface area contributed by atoms with Crippen molar-refractivity contribution in [3.05, 3.63) is 76.9 Å². The van der Waals surface area contributed by atoms with E-state index in [1.165, 1.54) is 10.5 Å². The number of carbonyl (C=O) groups excluding carboxylic acids is 3. The Morgan fingerprint density at radius 2 is 1.58 bits per heavy atom. The zero-order valence-electron chi connectivity index (χ0n) is 21.7. The van der Waals surface area contributed by atoms with Gasteiger partial charge in [0.25, 0.3) is 11.8 Å². The Morgan fingerprint density at radius 3 is 2.26 bits per heavy atom. The lowest BCUT2D eigenvalue weighted by molar-refractivity contribution is -0.121. The van der Waals surface area contributed by atoms with Crippen LogP contribution in [-0.4, -0.2) is 66.8 Å². The number of rotatable bonds is 9. The first-order valence-corrected chi connectivity index (χ1v) is 13.8. The third-order valence-electron chi connectivity index (χ3n) is 7.40. The minimum absolute atomic E-state index is 0.0708. The number of imide groups is 1. The molecule has 0 aliphatic carbocycles. The molecule has 7 nitrogen and oxygen atoms in total. The molecule has 3 aromatic rings. The van der Waals surface area contributed by atoms with Gasteiger partial charge in [-0.1, -0.05) is 43.3 Å². The van der Waals surface area contributed by atoms with Crippen molar-refractivity contribution in [2.24, 2.45) is 0 Å². The number of hydrogen-bond acceptors (Lipinski definition) is 5. The van der Waals surface area contributed by atoms with E-state index in [1.807, 2.05) is 31.2 Å². The number of piperazine rings is 1. The highest BCUT2D eigenvalue weighted by Crippen LogP contribution is 2.36. The van der Waals surface area contributed by atoms with Crippen LogP contribution in [0.1, 0.15) is 51.6 Å². The number of nitrogens with one attached hydrogen (secondary N) is 1. The normalized spacial score (nSPS) is 15.8. The van der Waals surface area contributed by atoms with Crippen LogP contribution in [0, 0.1) is 0 Å². The second-order valence-electron chi connectivity index (χ2n) is 9.94. The van der Waals surface area contributed by atoms with Gasteiger partial charge in [-0.25, -0.2) is 0 Å². The zero-order valence-corrected chi connectivity index (χ0v) is 22.5. The molecule has 3 amide bonds. The minimum atomic E-state index is -0.335. The predicted octanol–water partition coefficient (Wildman–Crippen LogP) is 4.41. The van der Waals surface area contributed by atoms with Gasteiger partial charge in [-0.05, 0) is 35.7 Å². The highest BCUT2D eigenvalue weighted by atomic mass is 35.5. The van der Waals surface area contributed by atoms with Crippen LogP contribution in [0.15, 0.2) is 54.6 Å². The van der Waals surface area contributed by atoms with Gasteiger partial charge in [0.15, 0.2) is 0 Å². The van der Waals surface area contributed by atoms with Gasteiger partial charge in [0.2, 0.25) is 5.91 Å². The number of amides is 3. The summed E-state index contributed by atoms with van der Waals surface area (Å²) < 4.78 is 0. The van der Waals surface area contributed by atoms with E-state index in [4.69, 9.17) is 11.6 Å². The molecule has 0 spiro atoms. The van der Waals surface area contributed by atoms with Crippen LogP contribution in [0.3, 0.4) is 0 Å². The van der Waals surface area contributed by atoms with E-state index < -0.39 is 0 Å². The average molecular weight is 533 g/mol. The summed E-state index contributed by atoms with van der Waals surface area (Å²) in [6.07, 6.45) is 0.935. The molecule has 198 valence electrons. The minimum Gasteiger partial charge on any atom is -0.368 e. The summed E-state index contributed by atoms with van der Waals surface area (Å²) in [7, 11) is 0. The van der Waals surface area contributed by atoms with E-state index >= 15 is 0 Å². The van der Waals surface area contributed by atoms with Gasteiger partial charge >= 0.3 is 0 Å². The monoisotopic (exact) mass is 532 g/mol. The first-order valence-electron chi connectivity index (χ1n) is 13.3. The third kappa shape index (κ3) is 5.26. The maximum absolute atomic E-state index is 13.3. The molecule has 0 bridgehead atoms. The van der Waals surface area contributed by atoms with Crippen LogP contribution in [0.4, 0.5) is 5.69 Å². The number of alkyl halides is 1. The fourth-order valence-corrected chi connectivity index (χ4v) is 5.49. The van der Waals surface area contributed by atoms with Gasteiger partial charge in [-0.3, -0.25) is 24.2 Å². The van der Waals surface area contributed by atoms with Crippen LogP contribution < -0.4 is 10.2 Å². The van der Waals surface area contributed by atoms with E-state index in [9.17, 15) is 14.4 Å². The first-order chi connectivity index (χ1) is 18.5. The molecule has 0 atom stereocenters. The highest BCUT2D eigenvalue weighted by Gasteiger charge is 2.34. The Balaban J connectivity index is 1.31. The fourth-order valence-electron chi connectivity index (χ4n) is 5.31. The molecule has 8 heteroatoms. The lowest BCUT2D eigenvalue weighted by atomic mass is 9.92. The van der Waals surface area contributed by atoms with Crippen LogP contribution in [-0.2, 0) is 17.2 Å². The van der Waals surface area contributed by atoms with Crippen molar-refractivity contribution in [3.8, 4) is 0 Å². The van der Waals surface area contributed by atoms with Crippen molar-refractivity contribution in [2.75, 3.05) is 44.2 Å². The SMILES string of the molecule is CCCNC(=O)CCN1C(=O)c2cccc3c(N4CCN(Cc5ccc(CCl)cc5)CC4)ccc(c23)C1=O. The number of benzene rings is 3. The first kappa shape index (κ1) is 26.2. The van der Waals surface area contributed by atoms with E-state index in [0.29, 0.717) is 28.9 Å². The summed E-state index contributed by atoms with van der Waals surface area (Å²) in [4.78, 5) is 44.7. The van der Waals surface area contributed by atoms with Crippen molar-refractivity contribution in [3.63, 3.8) is 0 Å². The van der Waals surface area contributed by atoms with E-state index in [1.54, 1.807) is 6.07 Å². The maximum Gasteiger partial charge on any atom is 0.261 e. The molecule has 1 fully saturated rings. The second kappa shape index (κ2) is 11.5. The summed E-state index contributed by atoms with van der Waals surface area (Å²) in [5.41, 5.74) is 4.49. The van der Waals surface area contributed by atoms with Crippen molar-refractivity contribution in [1.82, 2.24) is 15.1 Å². The lowest BCUT2D eigenvalue weighted by Crippen LogP contribution is -2.46. The Morgan fingerprint density at radius 1 is 0.895 bits per heavy atom. The number of nitrogens with zero attached hydrogens (tertiary/aromatic N) is 3. The molecule has 2 aliphatic heterocycles. The zero-order chi connectivity index (χ0) is 26.6. The predicted molar refractivity (Wildman–Crippen MR) is 151 cm³/mol. The van der Waals surface area contributed by atoms with Gasteiger partial charge in [0, 0.05) is 85.7 Å². The van der Waals surface area contributed by atoms with Gasteiger partial charge < -0.3 is 10.2 Å². The quantitative estimate of drug-likeness (QED) is 0.326. The maximum atomic E-state index is 13.3. The molecule has 0 saturated carbocycles. The molecule has 0 unspecified atom stereocenters. The van der Waals surface area contributed by atoms with Crippen molar-refractivity contribution in [1.29, 1.82) is 0 Å². The molecular formula is C30H33ClN4O3. The summed E-state index contributed by atoms with van der Waals surface area (Å²) >= 11 is 5.91. The fraction of sp³-hybridized carbons (Fsp3) is 0.367. The van der Waals surface area contributed by atoms with Gasteiger partial charge in [0.05, 0.1) is 0 Å². The van der Waals surface area contributed by atoms with Crippen molar-refractivity contribution >= 4 is 45.8 Å². The molecule has 38 heavy (non-hydrogen) atoms. The van der Waals surface area contributed by atoms with Crippen LogP contribution in [0.2, 0.25) is 0 Å². The summed E-state index contributed by atoms with van der Waals surface area (Å²) in [5, 5.41) is 4.44. The summed E-state index contributed by atoms with van der Waals surface area (Å²) in [6.45, 7) is 7.10. The van der Waals surface area contributed by atoms with Crippen molar-refractivity contribution < 1.29 is 14.4 Å². The Labute approximate surface area is 228 Å². The van der Waals surface area contributed by atoms with Gasteiger partial charge in [0.1, 0.15) is 0 Å². The average Bonchev–Trinajstić information content (AvgIpc) is 2.95. The van der Waals surface area contributed by atoms with E-state index in [0.717, 1.165) is 55.8 Å². The molecule has 2 heterocycles. The molecule has 5 rings (SSSR count). The van der Waals surface area contributed by atoms with Crippen LogP contribution in [0.25, 0.3) is 10.8 Å². The number of hydrogen-bond donors (Lipinski definition) is 1. The largest absolute Gasteiger partial charge is 0.368 e. The second-order valence-corrected chi connectivity index (χ2v) is 10.2. The molecule has 3 aromatic carbocycles. The third-order valence-corrected chi connectivity index (χ3v) is 7.71. The highest BCUT2D eigenvalue weighted by molar-refractivity contribution is 6.26. The number of carbonyl (C=O) groups is 3. The lowest BCUT2D eigenvalue weighted by Gasteiger charge is -2.37. The van der Waals surface area contributed by atoms with E-state index in [2.05, 4.69) is 39.4 Å². The number of halogens is 1. The molecule has 1 saturated heterocycles. The van der Waals surface area contributed by atoms with Crippen LogP contribution >= 0.6 is 11.6 Å². The van der Waals surface area contributed by atoms with Gasteiger partial charge in [-0.15, -0.1) is 11.6 Å². The Bertz CT molecular complexity index is 1330. The smallest absolute Gasteiger partial charge is 0.261 e. The van der Waals surface area contributed by atoms with Crippen molar-refractivity contribution in [2.45, 2.75) is 32.2 Å². The topological polar surface area (TPSA) is 73.0 Å². The molecule has 2 aliphatic rings. The molecule has 0 aromatic heterocycles. The Hall–Kier alpha value is -3.42. The van der Waals surface area contributed by atoms with E-state index in [-0.39, 0.29) is 30.7 Å². The number of anilines is 1. The van der Waals surface area contributed by atoms with Gasteiger partial charge in [-0.2, -0.15) is 0 Å². The molecule has 0 radical (unpaired) electrons. The summed E-state index contributed by atoms with van der Waals surface area (Å²) in [5.74, 6) is -0.297.